The van der Waals surface area contributed by atoms with E-state index in [0.29, 0.717) is 22.8 Å². The summed E-state index contributed by atoms with van der Waals surface area (Å²) in [6.45, 7) is 13.7. The second-order valence-corrected chi connectivity index (χ2v) is 23.5. The lowest BCUT2D eigenvalue weighted by Crippen LogP contribution is -2.07. The van der Waals surface area contributed by atoms with Crippen LogP contribution in [0.1, 0.15) is 80.4 Å². The average Bonchev–Trinajstić information content (AvgIpc) is 4.25. The molecule has 0 unspecified atom stereocenters. The van der Waals surface area contributed by atoms with Crippen LogP contribution < -0.4 is 0 Å². The normalized spacial score (nSPS) is 14.8. The van der Waals surface area contributed by atoms with Crippen LogP contribution in [0.2, 0.25) is 0 Å². The van der Waals surface area contributed by atoms with Crippen LogP contribution in [-0.4, -0.2) is 29.4 Å². The number of aryl methyl sites for hydroxylation is 2. The number of rotatable bonds is 6. The first-order valence-electron chi connectivity index (χ1n) is 22.6. The SMILES string of the molecule is Cc1c(/C=C2\C(=O)c3cc(F)c(F)cc3C2=C(C#N)C#N)sc2c1sc1c3c4nsnc4c4c5sc6c(C)c(/C=C7\C(=O)c8cc(F)c(F)cc8C7=C(C#N)C#N)sc6c5n(CC(C)C)c4c3n(CC(C)C)c21. The molecule has 0 N–H and O–H groups in total. The summed E-state index contributed by atoms with van der Waals surface area (Å²) in [5, 5.41) is 41.8. The van der Waals surface area contributed by atoms with E-state index in [1.54, 1.807) is 34.8 Å². The van der Waals surface area contributed by atoms with Crippen LogP contribution in [0.3, 0.4) is 0 Å². The molecule has 10 aromatic rings. The highest BCUT2D eigenvalue weighted by Crippen LogP contribution is 2.55. The molecule has 0 bridgehead atoms. The Labute approximate surface area is 431 Å². The van der Waals surface area contributed by atoms with E-state index in [4.69, 9.17) is 8.75 Å². The molecule has 10 nitrogen and oxygen atoms in total. The molecular weight excluding hydrogens is 1030 g/mol. The number of aromatic nitrogens is 4. The van der Waals surface area contributed by atoms with E-state index in [-0.39, 0.29) is 67.5 Å². The summed E-state index contributed by atoms with van der Waals surface area (Å²) in [5.74, 6) is -5.72. The Kier molecular flexibility index (Phi) is 10.5. The van der Waals surface area contributed by atoms with Gasteiger partial charge in [-0.25, -0.2) is 17.6 Å². The van der Waals surface area contributed by atoms with Crippen molar-refractivity contribution in [2.45, 2.75) is 54.6 Å². The number of carbonyl (C=O) groups is 2. The molecule has 2 aliphatic carbocycles. The van der Waals surface area contributed by atoms with Gasteiger partial charge in [0.2, 0.25) is 0 Å². The number of carbonyl (C=O) groups excluding carboxylic acids is 2. The summed E-state index contributed by atoms with van der Waals surface area (Å²) in [6.07, 6.45) is 3.25. The maximum Gasteiger partial charge on any atom is 0.194 e. The molecule has 7 heterocycles. The van der Waals surface area contributed by atoms with Gasteiger partial charge in [-0.1, -0.05) is 27.7 Å². The van der Waals surface area contributed by atoms with Gasteiger partial charge in [0.15, 0.2) is 34.8 Å². The molecule has 0 amide bonds. The van der Waals surface area contributed by atoms with E-state index in [1.165, 1.54) is 22.7 Å². The first-order chi connectivity index (χ1) is 35.0. The molecule has 0 saturated heterocycles. The Morgan fingerprint density at radius 3 is 1.25 bits per heavy atom. The second-order valence-electron chi connectivity index (χ2n) is 18.8. The molecule has 3 aromatic carbocycles. The third kappa shape index (κ3) is 6.37. The Morgan fingerprint density at radius 1 is 0.548 bits per heavy atom. The van der Waals surface area contributed by atoms with Gasteiger partial charge in [0.05, 0.1) is 62.0 Å². The van der Waals surface area contributed by atoms with Gasteiger partial charge in [0.1, 0.15) is 46.5 Å². The number of hydrogen-bond donors (Lipinski definition) is 0. The third-order valence-electron chi connectivity index (χ3n) is 13.5. The zero-order chi connectivity index (χ0) is 51.4. The quantitative estimate of drug-likeness (QED) is 0.0902. The first kappa shape index (κ1) is 46.5. The van der Waals surface area contributed by atoms with Crippen LogP contribution in [0.5, 0.6) is 0 Å². The number of halogens is 4. The number of thiophene rings is 4. The molecule has 0 aliphatic heterocycles. The number of nitriles is 4. The van der Waals surface area contributed by atoms with Gasteiger partial charge in [0.25, 0.3) is 0 Å². The van der Waals surface area contributed by atoms with Gasteiger partial charge >= 0.3 is 0 Å². The minimum absolute atomic E-state index is 0.00352. The lowest BCUT2D eigenvalue weighted by molar-refractivity contribution is 0.103. The highest BCUT2D eigenvalue weighted by molar-refractivity contribution is 7.34. The minimum Gasteiger partial charge on any atom is -0.337 e. The fourth-order valence-corrected chi connectivity index (χ4v) is 16.7. The summed E-state index contributed by atoms with van der Waals surface area (Å²) in [4.78, 5) is 29.4. The number of nitrogens with zero attached hydrogens (tertiary/aromatic N) is 8. The Morgan fingerprint density at radius 2 is 0.904 bits per heavy atom. The Balaban J connectivity index is 1.13. The van der Waals surface area contributed by atoms with E-state index in [1.807, 2.05) is 38.1 Å². The first-order valence-corrected chi connectivity index (χ1v) is 26.6. The minimum atomic E-state index is -1.21. The molecule has 7 aromatic heterocycles. The molecule has 0 radical (unpaired) electrons. The second kappa shape index (κ2) is 16.5. The highest BCUT2D eigenvalue weighted by Gasteiger charge is 2.37. The van der Waals surface area contributed by atoms with Crippen LogP contribution in [-0.2, 0) is 13.1 Å². The molecule has 0 fully saturated rings. The van der Waals surface area contributed by atoms with E-state index < -0.39 is 34.8 Å². The number of Topliss-reactive ketones (excluding diaryl/α,β-unsaturated/α-hetero) is 2. The van der Waals surface area contributed by atoms with Crippen LogP contribution >= 0.6 is 57.1 Å². The van der Waals surface area contributed by atoms with Crippen molar-refractivity contribution in [1.82, 2.24) is 17.9 Å². The molecular formula is C54H30F4N8O2S5. The summed E-state index contributed by atoms with van der Waals surface area (Å²) in [5.41, 5.74) is 6.03. The predicted octanol–water partition coefficient (Wildman–Crippen LogP) is 15.1. The van der Waals surface area contributed by atoms with Crippen LogP contribution in [0.4, 0.5) is 17.6 Å². The van der Waals surface area contributed by atoms with Crippen molar-refractivity contribution in [2.75, 3.05) is 0 Å². The average molecular weight is 1060 g/mol. The summed E-state index contributed by atoms with van der Waals surface area (Å²) < 4.78 is 79.0. The van der Waals surface area contributed by atoms with E-state index in [0.717, 1.165) is 119 Å². The zero-order valence-corrected chi connectivity index (χ0v) is 43.1. The van der Waals surface area contributed by atoms with Gasteiger partial charge in [-0.2, -0.15) is 29.8 Å². The van der Waals surface area contributed by atoms with Gasteiger partial charge in [-0.3, -0.25) is 9.59 Å². The molecule has 2 aliphatic rings. The lowest BCUT2D eigenvalue weighted by Gasteiger charge is -2.15. The summed E-state index contributed by atoms with van der Waals surface area (Å²) in [6, 6.07) is 10.7. The molecule has 356 valence electrons. The van der Waals surface area contributed by atoms with Crippen molar-refractivity contribution >= 4 is 164 Å². The topological polar surface area (TPSA) is 165 Å². The molecule has 0 atom stereocenters. The Bertz CT molecular complexity index is 4300. The van der Waals surface area contributed by atoms with Crippen LogP contribution in [0.25, 0.3) is 95.4 Å². The zero-order valence-electron chi connectivity index (χ0n) is 39.0. The number of hydrogen-bond acceptors (Lipinski definition) is 13. The molecule has 12 rings (SSSR count). The van der Waals surface area contributed by atoms with Crippen molar-refractivity contribution in [3.05, 3.63) is 113 Å². The standard InChI is InChI=1S/C54H30F4N8O2S5/c1-19(2)17-65-43-39(51-45(65)53-49(71-51)21(5)35(69-53)11-29-37(23(13-59)14-60)25-7-31(55)33(57)9-27(25)47(29)67)41-42(64-73-63-41)40-44(43)66(18-20(3)4)46-52(40)72-50-22(6)36(70-54(46)50)12-30-38(24(15-61)16-62)26-8-32(56)34(58)10-28(26)48(30)68/h7-12,19-20H,17-18H2,1-6H3/b29-11-,30-12-. The van der Waals surface area contributed by atoms with Gasteiger partial charge in [-0.15, -0.1) is 45.3 Å². The maximum atomic E-state index is 14.7. The molecule has 73 heavy (non-hydrogen) atoms. The molecule has 0 spiro atoms. The largest absolute Gasteiger partial charge is 0.337 e. The van der Waals surface area contributed by atoms with Crippen molar-refractivity contribution in [1.29, 1.82) is 21.0 Å². The lowest BCUT2D eigenvalue weighted by atomic mass is 9.99. The fraction of sp³-hybridized carbons (Fsp3) is 0.185. The van der Waals surface area contributed by atoms with Crippen molar-refractivity contribution < 1.29 is 27.2 Å². The number of allylic oxidation sites excluding steroid dienone is 6. The van der Waals surface area contributed by atoms with Crippen LogP contribution in [0.15, 0.2) is 46.6 Å². The van der Waals surface area contributed by atoms with Crippen molar-refractivity contribution in [3.63, 3.8) is 0 Å². The third-order valence-corrected chi connectivity index (χ3v) is 19.4. The van der Waals surface area contributed by atoms with Gasteiger partial charge in [-0.05, 0) is 84.4 Å². The number of ketones is 2. The fourth-order valence-electron chi connectivity index (χ4n) is 10.5. The van der Waals surface area contributed by atoms with Gasteiger partial charge in [0, 0.05) is 67.0 Å². The van der Waals surface area contributed by atoms with E-state index in [9.17, 15) is 48.2 Å². The van der Waals surface area contributed by atoms with Crippen molar-refractivity contribution in [2.24, 2.45) is 11.8 Å². The number of benzene rings is 3. The summed E-state index contributed by atoms with van der Waals surface area (Å²) in [7, 11) is 0. The van der Waals surface area contributed by atoms with Gasteiger partial charge < -0.3 is 9.13 Å². The monoisotopic (exact) mass is 1060 g/mol. The number of fused-ring (bicyclic) bond motifs is 16. The highest BCUT2D eigenvalue weighted by atomic mass is 32.1. The maximum absolute atomic E-state index is 14.7. The van der Waals surface area contributed by atoms with E-state index >= 15 is 0 Å². The molecule has 0 saturated carbocycles. The summed E-state index contributed by atoms with van der Waals surface area (Å²) >= 11 is 7.27. The van der Waals surface area contributed by atoms with Crippen molar-refractivity contribution in [3.8, 4) is 24.3 Å². The Hall–Kier alpha value is -7.62. The van der Waals surface area contributed by atoms with E-state index in [2.05, 4.69) is 36.8 Å². The molecule has 19 heteroatoms. The predicted molar refractivity (Wildman–Crippen MR) is 283 cm³/mol. The van der Waals surface area contributed by atoms with Crippen LogP contribution in [0, 0.1) is 94.3 Å². The smallest absolute Gasteiger partial charge is 0.194 e.